The van der Waals surface area contributed by atoms with Gasteiger partial charge in [-0.3, -0.25) is 9.36 Å². The SMILES string of the molecule is CCc1c(C)nc(-n2ccnc2)nc1N1CCCCC1CC(=O)NCCc1ccc(C)cc1. The molecular formula is C26H34N6O. The largest absolute Gasteiger partial charge is 0.356 e. The van der Waals surface area contributed by atoms with Crippen LogP contribution in [0.1, 0.15) is 55.0 Å². The lowest BCUT2D eigenvalue weighted by Gasteiger charge is -2.37. The van der Waals surface area contributed by atoms with Gasteiger partial charge < -0.3 is 10.2 Å². The predicted octanol–water partition coefficient (Wildman–Crippen LogP) is 3.95. The Morgan fingerprint density at radius 2 is 1.97 bits per heavy atom. The molecule has 3 heterocycles. The van der Waals surface area contributed by atoms with Crippen LogP contribution in [-0.2, 0) is 17.6 Å². The van der Waals surface area contributed by atoms with Crippen molar-refractivity contribution in [1.29, 1.82) is 0 Å². The first kappa shape index (κ1) is 23.0. The molecular weight excluding hydrogens is 412 g/mol. The maximum Gasteiger partial charge on any atom is 0.237 e. The smallest absolute Gasteiger partial charge is 0.237 e. The minimum absolute atomic E-state index is 0.109. The summed E-state index contributed by atoms with van der Waals surface area (Å²) < 4.78 is 1.84. The van der Waals surface area contributed by atoms with Crippen LogP contribution in [-0.4, -0.2) is 44.6 Å². The highest BCUT2D eigenvalue weighted by atomic mass is 16.1. The molecule has 4 rings (SSSR count). The van der Waals surface area contributed by atoms with Gasteiger partial charge in [0.2, 0.25) is 11.9 Å². The number of imidazole rings is 1. The number of nitrogens with one attached hydrogen (secondary N) is 1. The zero-order chi connectivity index (χ0) is 23.2. The van der Waals surface area contributed by atoms with E-state index in [2.05, 4.69) is 53.3 Å². The van der Waals surface area contributed by atoms with Gasteiger partial charge in [0.1, 0.15) is 12.1 Å². The highest BCUT2D eigenvalue weighted by Crippen LogP contribution is 2.30. The quantitative estimate of drug-likeness (QED) is 0.567. The third-order valence-electron chi connectivity index (χ3n) is 6.45. The van der Waals surface area contributed by atoms with Crippen LogP contribution >= 0.6 is 0 Å². The number of aryl methyl sites for hydroxylation is 2. The van der Waals surface area contributed by atoms with Gasteiger partial charge in [-0.1, -0.05) is 36.8 Å². The number of hydrogen-bond acceptors (Lipinski definition) is 5. The second-order valence-electron chi connectivity index (χ2n) is 8.87. The fraction of sp³-hybridized carbons (Fsp3) is 0.462. The van der Waals surface area contributed by atoms with Crippen LogP contribution in [0.5, 0.6) is 0 Å². The van der Waals surface area contributed by atoms with Crippen LogP contribution in [0.4, 0.5) is 5.82 Å². The van der Waals surface area contributed by atoms with E-state index in [9.17, 15) is 4.79 Å². The Morgan fingerprint density at radius 3 is 2.70 bits per heavy atom. The van der Waals surface area contributed by atoms with Gasteiger partial charge in [0, 0.05) is 49.2 Å². The zero-order valence-electron chi connectivity index (χ0n) is 19.9. The number of carbonyl (C=O) groups excluding carboxylic acids is 1. The van der Waals surface area contributed by atoms with E-state index in [0.29, 0.717) is 18.9 Å². The van der Waals surface area contributed by atoms with Crippen molar-refractivity contribution in [2.75, 3.05) is 18.0 Å². The number of rotatable bonds is 8. The normalized spacial score (nSPS) is 16.1. The molecule has 3 aromatic rings. The van der Waals surface area contributed by atoms with E-state index in [1.54, 1.807) is 12.5 Å². The molecule has 7 nitrogen and oxygen atoms in total. The first-order valence-electron chi connectivity index (χ1n) is 12.0. The maximum absolute atomic E-state index is 12.8. The molecule has 0 aliphatic carbocycles. The number of anilines is 1. The van der Waals surface area contributed by atoms with Crippen molar-refractivity contribution >= 4 is 11.7 Å². The molecule has 7 heteroatoms. The minimum atomic E-state index is 0.109. The van der Waals surface area contributed by atoms with Gasteiger partial charge in [0.25, 0.3) is 0 Å². The van der Waals surface area contributed by atoms with Crippen LogP contribution < -0.4 is 10.2 Å². The number of aromatic nitrogens is 4. The average molecular weight is 447 g/mol. The number of benzene rings is 1. The first-order chi connectivity index (χ1) is 16.0. The van der Waals surface area contributed by atoms with Gasteiger partial charge in [-0.15, -0.1) is 0 Å². The lowest BCUT2D eigenvalue weighted by molar-refractivity contribution is -0.121. The van der Waals surface area contributed by atoms with Crippen molar-refractivity contribution in [1.82, 2.24) is 24.8 Å². The molecule has 174 valence electrons. The Balaban J connectivity index is 1.46. The maximum atomic E-state index is 12.8. The monoisotopic (exact) mass is 446 g/mol. The van der Waals surface area contributed by atoms with Gasteiger partial charge in [0.05, 0.1) is 0 Å². The molecule has 1 N–H and O–H groups in total. The Hall–Kier alpha value is -3.22. The summed E-state index contributed by atoms with van der Waals surface area (Å²) in [6, 6.07) is 8.64. The van der Waals surface area contributed by atoms with E-state index in [1.807, 2.05) is 17.7 Å². The van der Waals surface area contributed by atoms with Gasteiger partial charge in [-0.25, -0.2) is 9.97 Å². The lowest BCUT2D eigenvalue weighted by atomic mass is 9.97. The average Bonchev–Trinajstić information content (AvgIpc) is 3.35. The van der Waals surface area contributed by atoms with Crippen LogP contribution in [0.2, 0.25) is 0 Å². The number of nitrogens with zero attached hydrogens (tertiary/aromatic N) is 5. The molecule has 0 saturated carbocycles. The summed E-state index contributed by atoms with van der Waals surface area (Å²) >= 11 is 0. The van der Waals surface area contributed by atoms with Crippen molar-refractivity contribution in [3.05, 3.63) is 65.4 Å². The molecule has 0 bridgehead atoms. The minimum Gasteiger partial charge on any atom is -0.356 e. The highest BCUT2D eigenvalue weighted by molar-refractivity contribution is 5.77. The van der Waals surface area contributed by atoms with Crippen LogP contribution in [0.15, 0.2) is 43.0 Å². The molecule has 33 heavy (non-hydrogen) atoms. The molecule has 1 amide bonds. The van der Waals surface area contributed by atoms with E-state index in [4.69, 9.17) is 9.97 Å². The van der Waals surface area contributed by atoms with E-state index in [-0.39, 0.29) is 11.9 Å². The number of carbonyl (C=O) groups is 1. The third kappa shape index (κ3) is 5.59. The van der Waals surface area contributed by atoms with E-state index in [0.717, 1.165) is 55.7 Å². The van der Waals surface area contributed by atoms with Crippen molar-refractivity contribution in [2.24, 2.45) is 0 Å². The molecule has 2 aromatic heterocycles. The van der Waals surface area contributed by atoms with Gasteiger partial charge >= 0.3 is 0 Å². The molecule has 1 unspecified atom stereocenters. The van der Waals surface area contributed by atoms with Crippen molar-refractivity contribution in [3.8, 4) is 5.95 Å². The molecule has 1 aliphatic heterocycles. The van der Waals surface area contributed by atoms with E-state index >= 15 is 0 Å². The Labute approximate surface area is 196 Å². The molecule has 1 saturated heterocycles. The zero-order valence-corrected chi connectivity index (χ0v) is 19.9. The molecule has 1 aromatic carbocycles. The Bertz CT molecular complexity index is 1060. The summed E-state index contributed by atoms with van der Waals surface area (Å²) in [5.74, 6) is 1.70. The highest BCUT2D eigenvalue weighted by Gasteiger charge is 2.28. The van der Waals surface area contributed by atoms with Crippen molar-refractivity contribution in [2.45, 2.75) is 65.3 Å². The second-order valence-corrected chi connectivity index (χ2v) is 8.87. The third-order valence-corrected chi connectivity index (χ3v) is 6.45. The number of amides is 1. The Morgan fingerprint density at radius 1 is 1.15 bits per heavy atom. The molecule has 1 fully saturated rings. The standard InChI is InChI=1S/C26H34N6O/c1-4-23-20(3)29-26(31-16-14-27-18-31)30-25(23)32-15-6-5-7-22(32)17-24(33)28-13-12-21-10-8-19(2)9-11-21/h8-11,14,16,18,22H,4-7,12-13,15,17H2,1-3H3,(H,28,33). The summed E-state index contributed by atoms with van der Waals surface area (Å²) in [6.45, 7) is 7.84. The summed E-state index contributed by atoms with van der Waals surface area (Å²) in [4.78, 5) is 29.0. The van der Waals surface area contributed by atoms with Gasteiger partial charge in [-0.2, -0.15) is 4.98 Å². The fourth-order valence-electron chi connectivity index (χ4n) is 4.59. The summed E-state index contributed by atoms with van der Waals surface area (Å²) in [7, 11) is 0. The number of piperidine rings is 1. The first-order valence-corrected chi connectivity index (χ1v) is 12.0. The van der Waals surface area contributed by atoms with Gasteiger partial charge in [0.15, 0.2) is 0 Å². The van der Waals surface area contributed by atoms with Crippen molar-refractivity contribution < 1.29 is 4.79 Å². The molecule has 1 aliphatic rings. The van der Waals surface area contributed by atoms with E-state index < -0.39 is 0 Å². The second kappa shape index (κ2) is 10.6. The predicted molar refractivity (Wildman–Crippen MR) is 131 cm³/mol. The van der Waals surface area contributed by atoms with Crippen LogP contribution in [0.25, 0.3) is 5.95 Å². The van der Waals surface area contributed by atoms with Crippen LogP contribution in [0.3, 0.4) is 0 Å². The van der Waals surface area contributed by atoms with Crippen molar-refractivity contribution in [3.63, 3.8) is 0 Å². The molecule has 0 radical (unpaired) electrons. The number of hydrogen-bond donors (Lipinski definition) is 1. The summed E-state index contributed by atoms with van der Waals surface area (Å²) in [5.41, 5.74) is 4.64. The lowest BCUT2D eigenvalue weighted by Crippen LogP contribution is -2.44. The van der Waals surface area contributed by atoms with Gasteiger partial charge in [-0.05, 0) is 51.5 Å². The fourth-order valence-corrected chi connectivity index (χ4v) is 4.59. The topological polar surface area (TPSA) is 75.9 Å². The Kier molecular flexibility index (Phi) is 7.37. The molecule has 0 spiro atoms. The van der Waals surface area contributed by atoms with Crippen LogP contribution in [0, 0.1) is 13.8 Å². The van der Waals surface area contributed by atoms with E-state index in [1.165, 1.54) is 11.1 Å². The molecule has 1 atom stereocenters. The summed E-state index contributed by atoms with van der Waals surface area (Å²) in [6.07, 6.45) is 10.8. The summed E-state index contributed by atoms with van der Waals surface area (Å²) in [5, 5.41) is 3.13.